The third kappa shape index (κ3) is 4.42. The Bertz CT molecular complexity index is 552. The summed E-state index contributed by atoms with van der Waals surface area (Å²) in [5.74, 6) is 1.26. The minimum atomic E-state index is -0.244. The van der Waals surface area contributed by atoms with Crippen LogP contribution in [0.15, 0.2) is 52.1 Å². The molecule has 0 amide bonds. The first kappa shape index (κ1) is 14.1. The summed E-state index contributed by atoms with van der Waals surface area (Å²) >= 11 is 0. The highest BCUT2D eigenvalue weighted by atomic mass is 19.1. The molecule has 0 saturated heterocycles. The van der Waals surface area contributed by atoms with Gasteiger partial charge in [-0.25, -0.2) is 9.38 Å². The molecule has 0 atom stereocenters. The molecular formula is C15H18FN3O. The average Bonchev–Trinajstić information content (AvgIpc) is 2.95. The van der Waals surface area contributed by atoms with Gasteiger partial charge >= 0.3 is 0 Å². The maximum absolute atomic E-state index is 13.1. The smallest absolute Gasteiger partial charge is 0.191 e. The molecule has 1 aromatic heterocycles. The molecule has 1 heterocycles. The van der Waals surface area contributed by atoms with E-state index < -0.39 is 0 Å². The third-order valence-electron chi connectivity index (χ3n) is 2.66. The molecule has 20 heavy (non-hydrogen) atoms. The number of nitrogens with zero attached hydrogens (tertiary/aromatic N) is 1. The molecule has 0 aliphatic carbocycles. The number of hydrogen-bond acceptors (Lipinski definition) is 2. The van der Waals surface area contributed by atoms with Crippen LogP contribution in [0.2, 0.25) is 0 Å². The number of rotatable bonds is 5. The highest BCUT2D eigenvalue weighted by molar-refractivity contribution is 5.79. The number of benzene rings is 1. The molecule has 2 aromatic rings. The van der Waals surface area contributed by atoms with Crippen molar-refractivity contribution < 1.29 is 8.81 Å². The van der Waals surface area contributed by atoms with E-state index >= 15 is 0 Å². The normalized spacial score (nSPS) is 11.4. The fourth-order valence-corrected chi connectivity index (χ4v) is 1.73. The molecule has 0 radical (unpaired) electrons. The summed E-state index contributed by atoms with van der Waals surface area (Å²) in [7, 11) is 0. The first-order chi connectivity index (χ1) is 9.78. The van der Waals surface area contributed by atoms with Crippen molar-refractivity contribution in [3.05, 3.63) is 59.8 Å². The molecule has 0 fully saturated rings. The van der Waals surface area contributed by atoms with Crippen LogP contribution in [-0.2, 0) is 13.1 Å². The topological polar surface area (TPSA) is 49.6 Å². The Balaban J connectivity index is 1.94. The summed E-state index contributed by atoms with van der Waals surface area (Å²) in [6.07, 6.45) is 1.63. The maximum Gasteiger partial charge on any atom is 0.191 e. The van der Waals surface area contributed by atoms with Crippen LogP contribution in [0.25, 0.3) is 0 Å². The van der Waals surface area contributed by atoms with Crippen molar-refractivity contribution >= 4 is 5.96 Å². The Labute approximate surface area is 117 Å². The zero-order valence-corrected chi connectivity index (χ0v) is 11.4. The van der Waals surface area contributed by atoms with Crippen LogP contribution in [0.1, 0.15) is 18.2 Å². The van der Waals surface area contributed by atoms with E-state index in [2.05, 4.69) is 15.6 Å². The van der Waals surface area contributed by atoms with Crippen molar-refractivity contribution in [3.63, 3.8) is 0 Å². The lowest BCUT2D eigenvalue weighted by molar-refractivity contribution is 0.501. The second-order valence-corrected chi connectivity index (χ2v) is 4.26. The minimum Gasteiger partial charge on any atom is -0.467 e. The summed E-state index contributed by atoms with van der Waals surface area (Å²) < 4.78 is 18.3. The molecule has 0 aliphatic rings. The lowest BCUT2D eigenvalue weighted by atomic mass is 10.2. The first-order valence-electron chi connectivity index (χ1n) is 6.57. The van der Waals surface area contributed by atoms with Crippen molar-refractivity contribution in [2.45, 2.75) is 20.0 Å². The number of nitrogens with one attached hydrogen (secondary N) is 2. The van der Waals surface area contributed by atoms with Gasteiger partial charge in [0.05, 0.1) is 19.4 Å². The maximum atomic E-state index is 13.1. The van der Waals surface area contributed by atoms with Crippen LogP contribution in [0.3, 0.4) is 0 Å². The van der Waals surface area contributed by atoms with E-state index in [0.717, 1.165) is 17.9 Å². The van der Waals surface area contributed by atoms with Crippen LogP contribution in [0.5, 0.6) is 0 Å². The molecule has 0 aliphatic heterocycles. The second-order valence-electron chi connectivity index (χ2n) is 4.26. The third-order valence-corrected chi connectivity index (χ3v) is 2.66. The summed E-state index contributed by atoms with van der Waals surface area (Å²) in [4.78, 5) is 4.41. The fraction of sp³-hybridized carbons (Fsp3) is 0.267. The van der Waals surface area contributed by atoms with Gasteiger partial charge in [-0.1, -0.05) is 12.1 Å². The number of furan rings is 1. The van der Waals surface area contributed by atoms with Gasteiger partial charge in [-0.05, 0) is 36.8 Å². The average molecular weight is 275 g/mol. The van der Waals surface area contributed by atoms with Gasteiger partial charge in [0.2, 0.25) is 0 Å². The van der Waals surface area contributed by atoms with Gasteiger partial charge in [-0.2, -0.15) is 0 Å². The Morgan fingerprint density at radius 1 is 1.25 bits per heavy atom. The molecule has 1 aromatic carbocycles. The standard InChI is InChI=1S/C15H18FN3O/c1-2-17-15(19-11-14-7-4-8-20-14)18-10-12-5-3-6-13(16)9-12/h3-9H,2,10-11H2,1H3,(H2,17,18,19). The molecule has 0 saturated carbocycles. The van der Waals surface area contributed by atoms with E-state index in [4.69, 9.17) is 4.42 Å². The SMILES string of the molecule is CCNC(=NCc1cccc(F)c1)NCc1ccco1. The van der Waals surface area contributed by atoms with E-state index in [-0.39, 0.29) is 5.82 Å². The molecule has 0 unspecified atom stereocenters. The highest BCUT2D eigenvalue weighted by Gasteiger charge is 2.00. The minimum absolute atomic E-state index is 0.244. The van der Waals surface area contributed by atoms with Gasteiger partial charge < -0.3 is 15.1 Å². The van der Waals surface area contributed by atoms with Crippen LogP contribution in [0.4, 0.5) is 4.39 Å². The number of halogens is 1. The quantitative estimate of drug-likeness (QED) is 0.651. The highest BCUT2D eigenvalue weighted by Crippen LogP contribution is 2.04. The van der Waals surface area contributed by atoms with E-state index in [1.165, 1.54) is 12.1 Å². The molecule has 2 N–H and O–H groups in total. The van der Waals surface area contributed by atoms with Crippen molar-refractivity contribution in [2.75, 3.05) is 6.54 Å². The van der Waals surface area contributed by atoms with Crippen molar-refractivity contribution in [2.24, 2.45) is 4.99 Å². The molecule has 0 spiro atoms. The number of hydrogen-bond donors (Lipinski definition) is 2. The lowest BCUT2D eigenvalue weighted by Crippen LogP contribution is -2.36. The summed E-state index contributed by atoms with van der Waals surface area (Å²) in [6.45, 7) is 3.73. The largest absolute Gasteiger partial charge is 0.467 e. The van der Waals surface area contributed by atoms with E-state index in [1.54, 1.807) is 12.3 Å². The zero-order valence-electron chi connectivity index (χ0n) is 11.4. The monoisotopic (exact) mass is 275 g/mol. The summed E-state index contributed by atoms with van der Waals surface area (Å²) in [5.41, 5.74) is 0.834. The molecule has 106 valence electrons. The Morgan fingerprint density at radius 2 is 2.15 bits per heavy atom. The zero-order chi connectivity index (χ0) is 14.2. The molecule has 4 nitrogen and oxygen atoms in total. The van der Waals surface area contributed by atoms with Gasteiger partial charge in [0.15, 0.2) is 5.96 Å². The number of guanidine groups is 1. The Hall–Kier alpha value is -2.30. The molecule has 2 rings (SSSR count). The van der Waals surface area contributed by atoms with E-state index in [1.807, 2.05) is 25.1 Å². The lowest BCUT2D eigenvalue weighted by Gasteiger charge is -2.10. The van der Waals surface area contributed by atoms with Gasteiger partial charge in [0, 0.05) is 6.54 Å². The van der Waals surface area contributed by atoms with Crippen LogP contribution >= 0.6 is 0 Å². The summed E-state index contributed by atoms with van der Waals surface area (Å²) in [6, 6.07) is 10.2. The van der Waals surface area contributed by atoms with E-state index in [9.17, 15) is 4.39 Å². The van der Waals surface area contributed by atoms with Crippen LogP contribution in [0, 0.1) is 5.82 Å². The number of aliphatic imine (C=N–C) groups is 1. The van der Waals surface area contributed by atoms with Crippen LogP contribution < -0.4 is 10.6 Å². The fourth-order valence-electron chi connectivity index (χ4n) is 1.73. The van der Waals surface area contributed by atoms with Gasteiger partial charge in [0.25, 0.3) is 0 Å². The molecular weight excluding hydrogens is 257 g/mol. The Morgan fingerprint density at radius 3 is 2.85 bits per heavy atom. The van der Waals surface area contributed by atoms with E-state index in [0.29, 0.717) is 19.0 Å². The summed E-state index contributed by atoms with van der Waals surface area (Å²) in [5, 5.41) is 6.29. The van der Waals surface area contributed by atoms with Gasteiger partial charge in [-0.3, -0.25) is 0 Å². The molecule has 5 heteroatoms. The molecule has 0 bridgehead atoms. The predicted octanol–water partition coefficient (Wildman–Crippen LogP) is 2.67. The van der Waals surface area contributed by atoms with Crippen molar-refractivity contribution in [3.8, 4) is 0 Å². The van der Waals surface area contributed by atoms with Crippen molar-refractivity contribution in [1.29, 1.82) is 0 Å². The van der Waals surface area contributed by atoms with Crippen LogP contribution in [-0.4, -0.2) is 12.5 Å². The second kappa shape index (κ2) is 7.33. The Kier molecular flexibility index (Phi) is 5.17. The first-order valence-corrected chi connectivity index (χ1v) is 6.57. The predicted molar refractivity (Wildman–Crippen MR) is 76.8 cm³/mol. The van der Waals surface area contributed by atoms with Gasteiger partial charge in [-0.15, -0.1) is 0 Å². The van der Waals surface area contributed by atoms with Gasteiger partial charge in [0.1, 0.15) is 11.6 Å². The van der Waals surface area contributed by atoms with Crippen molar-refractivity contribution in [1.82, 2.24) is 10.6 Å².